The highest BCUT2D eigenvalue weighted by Gasteiger charge is 2.14. The molecule has 6 heteroatoms. The third-order valence-corrected chi connectivity index (χ3v) is 17.1. The van der Waals surface area contributed by atoms with E-state index in [1.807, 2.05) is 68.0 Å². The fourth-order valence-electron chi connectivity index (χ4n) is 6.57. The van der Waals surface area contributed by atoms with Crippen molar-refractivity contribution >= 4 is 68.0 Å². The van der Waals surface area contributed by atoms with Gasteiger partial charge in [-0.05, 0) is 98.5 Å². The van der Waals surface area contributed by atoms with Gasteiger partial charge in [0.2, 0.25) is 0 Å². The van der Waals surface area contributed by atoms with Gasteiger partial charge in [0.25, 0.3) is 0 Å². The summed E-state index contributed by atoms with van der Waals surface area (Å²) >= 11 is 11.7. The van der Waals surface area contributed by atoms with Crippen molar-refractivity contribution in [2.45, 2.75) is 129 Å². The van der Waals surface area contributed by atoms with Gasteiger partial charge in [0.05, 0.1) is 0 Å². The van der Waals surface area contributed by atoms with Crippen LogP contribution in [0.2, 0.25) is 0 Å². The van der Waals surface area contributed by atoms with E-state index in [4.69, 9.17) is 0 Å². The maximum atomic E-state index is 2.37. The SMILES string of the molecule is CCCCCCCCCCc1ccc(-c2ccc(-c3ccc(-c4ccc(-c5ccc(-c6ccc(CCCCCCCCCC)s6)s5)s4)s3)s2)s1. The molecule has 0 fully saturated rings. The van der Waals surface area contributed by atoms with Gasteiger partial charge < -0.3 is 0 Å². The average Bonchev–Trinajstić information content (AvgIpc) is 3.98. The van der Waals surface area contributed by atoms with E-state index in [9.17, 15) is 0 Å². The van der Waals surface area contributed by atoms with Crippen molar-refractivity contribution in [2.75, 3.05) is 0 Å². The van der Waals surface area contributed by atoms with Gasteiger partial charge in [-0.3, -0.25) is 0 Å². The molecule has 0 unspecified atom stereocenters. The minimum absolute atomic E-state index is 1.23. The molecule has 0 radical (unpaired) electrons. The van der Waals surface area contributed by atoms with Crippen LogP contribution >= 0.6 is 68.0 Å². The molecule has 266 valence electrons. The highest BCUT2D eigenvalue weighted by atomic mass is 32.1. The average molecular weight is 775 g/mol. The summed E-state index contributed by atoms with van der Waals surface area (Å²) in [5.74, 6) is 0. The Hall–Kier alpha value is -1.80. The largest absolute Gasteiger partial charge is 0.139 e. The van der Waals surface area contributed by atoms with E-state index >= 15 is 0 Å². The summed E-state index contributed by atoms with van der Waals surface area (Å²) in [6.45, 7) is 4.59. The van der Waals surface area contributed by atoms with Crippen molar-refractivity contribution in [2.24, 2.45) is 0 Å². The van der Waals surface area contributed by atoms with Crippen LogP contribution in [-0.4, -0.2) is 0 Å². The van der Waals surface area contributed by atoms with Gasteiger partial charge >= 0.3 is 0 Å². The van der Waals surface area contributed by atoms with Crippen LogP contribution in [0.4, 0.5) is 0 Å². The van der Waals surface area contributed by atoms with E-state index in [1.165, 1.54) is 164 Å². The molecule has 50 heavy (non-hydrogen) atoms. The zero-order chi connectivity index (χ0) is 34.4. The van der Waals surface area contributed by atoms with Crippen molar-refractivity contribution in [1.82, 2.24) is 0 Å². The number of hydrogen-bond donors (Lipinski definition) is 0. The zero-order valence-electron chi connectivity index (χ0n) is 30.1. The Morgan fingerprint density at radius 1 is 0.260 bits per heavy atom. The predicted molar refractivity (Wildman–Crippen MR) is 234 cm³/mol. The highest BCUT2D eigenvalue weighted by Crippen LogP contribution is 2.46. The second-order valence-electron chi connectivity index (χ2n) is 13.6. The topological polar surface area (TPSA) is 0 Å². The van der Waals surface area contributed by atoms with Crippen LogP contribution in [0, 0.1) is 0 Å². The third-order valence-electron chi connectivity index (χ3n) is 9.52. The lowest BCUT2D eigenvalue weighted by atomic mass is 10.1. The maximum Gasteiger partial charge on any atom is 0.0449 e. The number of unbranched alkanes of at least 4 members (excludes halogenated alkanes) is 14. The standard InChI is InChI=1S/C44H54S6/c1-3-5-7-9-11-13-15-17-19-33-21-23-35(45-33)37-25-27-39(47-37)41-29-31-43(49-41)44-32-30-42(50-44)40-28-26-38(48-40)36-24-22-34(46-36)20-18-16-14-12-10-8-6-4-2/h21-32H,3-20H2,1-2H3. The molecule has 0 aliphatic rings. The molecule has 6 heterocycles. The van der Waals surface area contributed by atoms with Gasteiger partial charge in [-0.2, -0.15) is 0 Å². The molecule has 6 aromatic rings. The molecule has 0 aromatic carbocycles. The summed E-state index contributed by atoms with van der Waals surface area (Å²) in [6, 6.07) is 28.0. The predicted octanol–water partition coefficient (Wildman–Crippen LogP) is 17.8. The zero-order valence-corrected chi connectivity index (χ0v) is 35.0. The monoisotopic (exact) mass is 774 g/mol. The molecule has 0 nitrogen and oxygen atoms in total. The summed E-state index contributed by atoms with van der Waals surface area (Å²) in [5, 5.41) is 0. The smallest absolute Gasteiger partial charge is 0.0449 e. The van der Waals surface area contributed by atoms with Crippen molar-refractivity contribution in [3.8, 4) is 48.8 Å². The lowest BCUT2D eigenvalue weighted by molar-refractivity contribution is 0.576. The summed E-state index contributed by atoms with van der Waals surface area (Å²) in [7, 11) is 0. The van der Waals surface area contributed by atoms with Gasteiger partial charge in [0.1, 0.15) is 0 Å². The third kappa shape index (κ3) is 11.1. The fraction of sp³-hybridized carbons (Fsp3) is 0.455. The normalized spacial score (nSPS) is 11.6. The molecule has 0 saturated heterocycles. The Labute approximate surface area is 326 Å². The van der Waals surface area contributed by atoms with Crippen LogP contribution in [0.1, 0.15) is 126 Å². The number of rotatable bonds is 23. The molecule has 0 bridgehead atoms. The Morgan fingerprint density at radius 2 is 0.480 bits per heavy atom. The molecule has 0 aliphatic carbocycles. The molecule has 6 aromatic heterocycles. The first kappa shape index (κ1) is 37.9. The van der Waals surface area contributed by atoms with Crippen molar-refractivity contribution in [1.29, 1.82) is 0 Å². The van der Waals surface area contributed by atoms with Gasteiger partial charge in [0, 0.05) is 58.5 Å². The van der Waals surface area contributed by atoms with Crippen LogP contribution < -0.4 is 0 Å². The van der Waals surface area contributed by atoms with E-state index in [0.29, 0.717) is 0 Å². The Morgan fingerprint density at radius 3 is 0.760 bits per heavy atom. The lowest BCUT2D eigenvalue weighted by Crippen LogP contribution is -1.83. The molecule has 6 rings (SSSR count). The summed E-state index contributed by atoms with van der Waals surface area (Å²) < 4.78 is 0. The molecular weight excluding hydrogens is 721 g/mol. The van der Waals surface area contributed by atoms with Crippen LogP contribution in [0.3, 0.4) is 0 Å². The molecule has 0 N–H and O–H groups in total. The Balaban J connectivity index is 0.978. The minimum Gasteiger partial charge on any atom is -0.139 e. The molecule has 0 spiro atoms. The first-order valence-electron chi connectivity index (χ1n) is 19.3. The van der Waals surface area contributed by atoms with E-state index in [2.05, 4.69) is 86.6 Å². The quantitative estimate of drug-likeness (QED) is 0.0569. The second kappa shape index (κ2) is 20.4. The van der Waals surface area contributed by atoms with E-state index in [0.717, 1.165) is 0 Å². The lowest BCUT2D eigenvalue weighted by Gasteiger charge is -2.00. The number of thiophene rings is 6. The first-order valence-corrected chi connectivity index (χ1v) is 24.2. The molecule has 0 saturated carbocycles. The van der Waals surface area contributed by atoms with Crippen LogP contribution in [-0.2, 0) is 12.8 Å². The molecule has 0 atom stereocenters. The molecule has 0 aliphatic heterocycles. The Kier molecular flexibility index (Phi) is 15.5. The first-order chi connectivity index (χ1) is 24.7. The second-order valence-corrected chi connectivity index (χ2v) is 20.3. The summed E-state index contributed by atoms with van der Waals surface area (Å²) in [5.41, 5.74) is 0. The van der Waals surface area contributed by atoms with Crippen molar-refractivity contribution in [3.63, 3.8) is 0 Å². The van der Waals surface area contributed by atoms with Crippen LogP contribution in [0.25, 0.3) is 48.8 Å². The summed E-state index contributed by atoms with van der Waals surface area (Å²) in [6.07, 6.45) is 24.7. The van der Waals surface area contributed by atoms with Gasteiger partial charge in [0.15, 0.2) is 0 Å². The molecular formula is C44H54S6. The maximum absolute atomic E-state index is 2.37. The molecule has 0 amide bonds. The Bertz CT molecular complexity index is 1680. The van der Waals surface area contributed by atoms with E-state index in [-0.39, 0.29) is 0 Å². The van der Waals surface area contributed by atoms with Gasteiger partial charge in [-0.25, -0.2) is 0 Å². The minimum atomic E-state index is 1.23. The van der Waals surface area contributed by atoms with Gasteiger partial charge in [-0.15, -0.1) is 68.0 Å². The number of hydrogen-bond acceptors (Lipinski definition) is 6. The fourth-order valence-corrected chi connectivity index (χ4v) is 13.1. The van der Waals surface area contributed by atoms with Crippen LogP contribution in [0.5, 0.6) is 0 Å². The van der Waals surface area contributed by atoms with Crippen LogP contribution in [0.15, 0.2) is 72.8 Å². The van der Waals surface area contributed by atoms with Crippen molar-refractivity contribution < 1.29 is 0 Å². The highest BCUT2D eigenvalue weighted by molar-refractivity contribution is 7.30. The van der Waals surface area contributed by atoms with E-state index in [1.54, 1.807) is 9.75 Å². The number of aryl methyl sites for hydroxylation is 2. The summed E-state index contributed by atoms with van der Waals surface area (Å²) in [4.78, 5) is 17.0. The van der Waals surface area contributed by atoms with E-state index < -0.39 is 0 Å². The van der Waals surface area contributed by atoms with Gasteiger partial charge in [-0.1, -0.05) is 104 Å². The van der Waals surface area contributed by atoms with Crippen molar-refractivity contribution in [3.05, 3.63) is 82.6 Å².